The van der Waals surface area contributed by atoms with Crippen LogP contribution in [0.5, 0.6) is 0 Å². The number of para-hydroxylation sites is 1. The summed E-state index contributed by atoms with van der Waals surface area (Å²) in [5, 5.41) is 3.61. The van der Waals surface area contributed by atoms with E-state index in [9.17, 15) is 9.59 Å². The second-order valence-corrected chi connectivity index (χ2v) is 6.57. The molecule has 0 unspecified atom stereocenters. The standard InChI is InChI=1S/C19H20Cl2N2O2/c1-13-6-8-15(9-7-13)12-22-18(25)10-11-23(14(2)24)19-16(20)4-3-5-17(19)21/h3-9H,10-12H2,1-2H3,(H,22,25). The number of rotatable bonds is 6. The molecule has 0 aromatic heterocycles. The SMILES string of the molecule is CC(=O)N(CCC(=O)NCc1ccc(C)cc1)c1c(Cl)cccc1Cl. The van der Waals surface area contributed by atoms with Crippen LogP contribution >= 0.6 is 23.2 Å². The molecule has 0 aliphatic rings. The average Bonchev–Trinajstić information content (AvgIpc) is 2.56. The number of halogens is 2. The van der Waals surface area contributed by atoms with Crippen molar-refractivity contribution >= 4 is 40.7 Å². The van der Waals surface area contributed by atoms with Gasteiger partial charge in [0.1, 0.15) is 0 Å². The largest absolute Gasteiger partial charge is 0.352 e. The first kappa shape index (κ1) is 19.3. The third kappa shape index (κ3) is 5.48. The zero-order chi connectivity index (χ0) is 18.4. The number of carbonyl (C=O) groups excluding carboxylic acids is 2. The number of nitrogens with one attached hydrogen (secondary N) is 1. The first-order valence-electron chi connectivity index (χ1n) is 7.93. The third-order valence-corrected chi connectivity index (χ3v) is 4.37. The van der Waals surface area contributed by atoms with Gasteiger partial charge in [-0.3, -0.25) is 9.59 Å². The van der Waals surface area contributed by atoms with Crippen LogP contribution in [0, 0.1) is 6.92 Å². The van der Waals surface area contributed by atoms with E-state index in [-0.39, 0.29) is 24.8 Å². The Morgan fingerprint density at radius 1 is 1.04 bits per heavy atom. The maximum atomic E-state index is 12.1. The maximum absolute atomic E-state index is 12.1. The van der Waals surface area contributed by atoms with Gasteiger partial charge in [0.2, 0.25) is 11.8 Å². The highest BCUT2D eigenvalue weighted by Crippen LogP contribution is 2.33. The molecular formula is C19H20Cl2N2O2. The number of amides is 2. The van der Waals surface area contributed by atoms with Crippen LogP contribution in [0.25, 0.3) is 0 Å². The highest BCUT2D eigenvalue weighted by molar-refractivity contribution is 6.39. The van der Waals surface area contributed by atoms with Gasteiger partial charge in [0.15, 0.2) is 0 Å². The normalized spacial score (nSPS) is 10.4. The lowest BCUT2D eigenvalue weighted by molar-refractivity contribution is -0.121. The van der Waals surface area contributed by atoms with Gasteiger partial charge in [-0.05, 0) is 24.6 Å². The van der Waals surface area contributed by atoms with Gasteiger partial charge in [0.05, 0.1) is 15.7 Å². The zero-order valence-electron chi connectivity index (χ0n) is 14.2. The Kier molecular flexibility index (Phi) is 6.85. The van der Waals surface area contributed by atoms with Crippen molar-refractivity contribution < 1.29 is 9.59 Å². The van der Waals surface area contributed by atoms with Crippen LogP contribution in [0.3, 0.4) is 0 Å². The quantitative estimate of drug-likeness (QED) is 0.811. The molecule has 0 heterocycles. The number of hydrogen-bond acceptors (Lipinski definition) is 2. The highest BCUT2D eigenvalue weighted by Gasteiger charge is 2.19. The molecule has 0 atom stereocenters. The van der Waals surface area contributed by atoms with Gasteiger partial charge in [0.25, 0.3) is 0 Å². The Hall–Kier alpha value is -2.04. The smallest absolute Gasteiger partial charge is 0.223 e. The number of hydrogen-bond donors (Lipinski definition) is 1. The summed E-state index contributed by atoms with van der Waals surface area (Å²) in [4.78, 5) is 25.5. The molecule has 0 aliphatic heterocycles. The predicted molar refractivity (Wildman–Crippen MR) is 102 cm³/mol. The van der Waals surface area contributed by atoms with Gasteiger partial charge in [0, 0.05) is 26.4 Å². The molecule has 25 heavy (non-hydrogen) atoms. The van der Waals surface area contributed by atoms with Gasteiger partial charge in [-0.1, -0.05) is 59.1 Å². The zero-order valence-corrected chi connectivity index (χ0v) is 15.7. The fourth-order valence-corrected chi connectivity index (χ4v) is 2.98. The van der Waals surface area contributed by atoms with Crippen molar-refractivity contribution in [3.05, 3.63) is 63.6 Å². The Balaban J connectivity index is 1.96. The minimum Gasteiger partial charge on any atom is -0.352 e. The van der Waals surface area contributed by atoms with E-state index in [2.05, 4.69) is 5.32 Å². The summed E-state index contributed by atoms with van der Waals surface area (Å²) in [6, 6.07) is 13.0. The predicted octanol–water partition coefficient (Wildman–Crippen LogP) is 4.36. The third-order valence-electron chi connectivity index (χ3n) is 3.76. The summed E-state index contributed by atoms with van der Waals surface area (Å²) in [6.07, 6.45) is 0.160. The van der Waals surface area contributed by atoms with Crippen LogP contribution in [0.4, 0.5) is 5.69 Å². The highest BCUT2D eigenvalue weighted by atomic mass is 35.5. The van der Waals surface area contributed by atoms with Gasteiger partial charge >= 0.3 is 0 Å². The van der Waals surface area contributed by atoms with E-state index in [0.717, 1.165) is 5.56 Å². The molecule has 0 fully saturated rings. The molecule has 0 radical (unpaired) electrons. The molecule has 0 spiro atoms. The van der Waals surface area contributed by atoms with Crippen molar-refractivity contribution in [2.24, 2.45) is 0 Å². The summed E-state index contributed by atoms with van der Waals surface area (Å²) in [7, 11) is 0. The first-order valence-corrected chi connectivity index (χ1v) is 8.68. The molecule has 1 N–H and O–H groups in total. The number of anilines is 1. The molecule has 2 rings (SSSR count). The summed E-state index contributed by atoms with van der Waals surface area (Å²) < 4.78 is 0. The van der Waals surface area contributed by atoms with Crippen LogP contribution in [0.1, 0.15) is 24.5 Å². The molecule has 2 aromatic carbocycles. The van der Waals surface area contributed by atoms with Crippen molar-refractivity contribution in [1.29, 1.82) is 0 Å². The van der Waals surface area contributed by atoms with E-state index in [1.54, 1.807) is 18.2 Å². The van der Waals surface area contributed by atoms with E-state index in [4.69, 9.17) is 23.2 Å². The molecule has 0 aliphatic carbocycles. The van der Waals surface area contributed by atoms with Crippen molar-refractivity contribution in [2.75, 3.05) is 11.4 Å². The van der Waals surface area contributed by atoms with E-state index in [0.29, 0.717) is 22.3 Å². The fourth-order valence-electron chi connectivity index (χ4n) is 2.38. The summed E-state index contributed by atoms with van der Waals surface area (Å²) in [6.45, 7) is 4.09. The molecule has 0 bridgehead atoms. The van der Waals surface area contributed by atoms with Gasteiger partial charge < -0.3 is 10.2 Å². The van der Waals surface area contributed by atoms with E-state index >= 15 is 0 Å². The van der Waals surface area contributed by atoms with Crippen molar-refractivity contribution in [2.45, 2.75) is 26.8 Å². The van der Waals surface area contributed by atoms with Crippen LogP contribution in [0.15, 0.2) is 42.5 Å². The van der Waals surface area contributed by atoms with Crippen molar-refractivity contribution in [3.8, 4) is 0 Å². The maximum Gasteiger partial charge on any atom is 0.223 e. The molecule has 132 valence electrons. The van der Waals surface area contributed by atoms with E-state index in [1.807, 2.05) is 31.2 Å². The lowest BCUT2D eigenvalue weighted by Crippen LogP contribution is -2.34. The minimum absolute atomic E-state index is 0.144. The van der Waals surface area contributed by atoms with Crippen LogP contribution < -0.4 is 10.2 Å². The van der Waals surface area contributed by atoms with E-state index < -0.39 is 0 Å². The first-order chi connectivity index (χ1) is 11.9. The molecule has 0 saturated heterocycles. The number of carbonyl (C=O) groups is 2. The topological polar surface area (TPSA) is 49.4 Å². The fraction of sp³-hybridized carbons (Fsp3) is 0.263. The summed E-state index contributed by atoms with van der Waals surface area (Å²) in [5.74, 6) is -0.365. The lowest BCUT2D eigenvalue weighted by Gasteiger charge is -2.23. The molecule has 6 heteroatoms. The Bertz CT molecular complexity index is 740. The van der Waals surface area contributed by atoms with Crippen LogP contribution in [0.2, 0.25) is 10.0 Å². The summed E-state index contributed by atoms with van der Waals surface area (Å²) in [5.41, 5.74) is 2.63. The molecule has 2 amide bonds. The van der Waals surface area contributed by atoms with Gasteiger partial charge in [-0.25, -0.2) is 0 Å². The van der Waals surface area contributed by atoms with Crippen LogP contribution in [-0.4, -0.2) is 18.4 Å². The van der Waals surface area contributed by atoms with Gasteiger partial charge in [-0.15, -0.1) is 0 Å². The van der Waals surface area contributed by atoms with Crippen molar-refractivity contribution in [3.63, 3.8) is 0 Å². The monoisotopic (exact) mass is 378 g/mol. The van der Waals surface area contributed by atoms with Crippen LogP contribution in [-0.2, 0) is 16.1 Å². The number of nitrogens with zero attached hydrogens (tertiary/aromatic N) is 1. The Labute approximate surface area is 157 Å². The molecule has 2 aromatic rings. The van der Waals surface area contributed by atoms with Gasteiger partial charge in [-0.2, -0.15) is 0 Å². The average molecular weight is 379 g/mol. The van der Waals surface area contributed by atoms with E-state index in [1.165, 1.54) is 17.4 Å². The summed E-state index contributed by atoms with van der Waals surface area (Å²) >= 11 is 12.3. The second kappa shape index (κ2) is 8.88. The van der Waals surface area contributed by atoms with Crippen molar-refractivity contribution in [1.82, 2.24) is 5.32 Å². The molecule has 0 saturated carbocycles. The minimum atomic E-state index is -0.221. The molecule has 4 nitrogen and oxygen atoms in total. The Morgan fingerprint density at radius 3 is 2.20 bits per heavy atom. The number of benzene rings is 2. The lowest BCUT2D eigenvalue weighted by atomic mass is 10.1. The Morgan fingerprint density at radius 2 is 1.64 bits per heavy atom. The number of aryl methyl sites for hydroxylation is 1. The molecular weight excluding hydrogens is 359 g/mol. The second-order valence-electron chi connectivity index (χ2n) is 5.75.